The van der Waals surface area contributed by atoms with Crippen LogP contribution in [0.15, 0.2) is 41.2 Å². The first kappa shape index (κ1) is 19.3. The third-order valence-electron chi connectivity index (χ3n) is 5.23. The maximum atomic E-state index is 12.7. The SMILES string of the molecule is Cc1cc(C)n(CC(=O)N2CCCN(Cc3cc(-c4cccnc4)no3)CC2)n1. The third-order valence-corrected chi connectivity index (χ3v) is 5.23. The summed E-state index contributed by atoms with van der Waals surface area (Å²) in [6, 6.07) is 7.81. The van der Waals surface area contributed by atoms with Gasteiger partial charge in [-0.3, -0.25) is 19.4 Å². The Morgan fingerprint density at radius 2 is 2.07 bits per heavy atom. The maximum Gasteiger partial charge on any atom is 0.244 e. The molecule has 0 saturated carbocycles. The van der Waals surface area contributed by atoms with E-state index in [-0.39, 0.29) is 5.91 Å². The maximum absolute atomic E-state index is 12.7. The zero-order valence-electron chi connectivity index (χ0n) is 16.9. The van der Waals surface area contributed by atoms with Gasteiger partial charge in [0.15, 0.2) is 5.76 Å². The van der Waals surface area contributed by atoms with Crippen molar-refractivity contribution in [3.63, 3.8) is 0 Å². The van der Waals surface area contributed by atoms with Crippen molar-refractivity contribution in [2.75, 3.05) is 26.2 Å². The van der Waals surface area contributed by atoms with Gasteiger partial charge in [-0.25, -0.2) is 0 Å². The molecule has 152 valence electrons. The van der Waals surface area contributed by atoms with Gasteiger partial charge in [-0.1, -0.05) is 5.16 Å². The molecule has 8 nitrogen and oxygen atoms in total. The number of rotatable bonds is 5. The molecule has 0 radical (unpaired) electrons. The monoisotopic (exact) mass is 394 g/mol. The molecule has 1 aliphatic rings. The van der Waals surface area contributed by atoms with Gasteiger partial charge in [0, 0.05) is 55.9 Å². The van der Waals surface area contributed by atoms with E-state index in [1.807, 2.05) is 43.0 Å². The van der Waals surface area contributed by atoms with Gasteiger partial charge in [-0.15, -0.1) is 0 Å². The summed E-state index contributed by atoms with van der Waals surface area (Å²) in [7, 11) is 0. The summed E-state index contributed by atoms with van der Waals surface area (Å²) in [4.78, 5) is 21.1. The van der Waals surface area contributed by atoms with Crippen molar-refractivity contribution in [1.29, 1.82) is 0 Å². The quantitative estimate of drug-likeness (QED) is 0.661. The Labute approximate surface area is 170 Å². The average Bonchev–Trinajstić information content (AvgIpc) is 3.21. The van der Waals surface area contributed by atoms with E-state index < -0.39 is 0 Å². The fourth-order valence-corrected chi connectivity index (χ4v) is 3.70. The number of aromatic nitrogens is 4. The van der Waals surface area contributed by atoms with E-state index in [4.69, 9.17) is 4.52 Å². The molecule has 0 aliphatic carbocycles. The molecule has 0 unspecified atom stereocenters. The molecule has 4 rings (SSSR count). The molecular formula is C21H26N6O2. The second-order valence-corrected chi connectivity index (χ2v) is 7.52. The Kier molecular flexibility index (Phi) is 5.71. The van der Waals surface area contributed by atoms with Crippen molar-refractivity contribution in [3.05, 3.63) is 53.8 Å². The highest BCUT2D eigenvalue weighted by atomic mass is 16.5. The van der Waals surface area contributed by atoms with Crippen molar-refractivity contribution < 1.29 is 9.32 Å². The van der Waals surface area contributed by atoms with Gasteiger partial charge in [0.2, 0.25) is 5.91 Å². The Balaban J connectivity index is 1.33. The lowest BCUT2D eigenvalue weighted by molar-refractivity contribution is -0.131. The van der Waals surface area contributed by atoms with Crippen LogP contribution in [0.25, 0.3) is 11.3 Å². The van der Waals surface area contributed by atoms with Crippen LogP contribution in [0.2, 0.25) is 0 Å². The van der Waals surface area contributed by atoms with Gasteiger partial charge < -0.3 is 9.42 Å². The smallest absolute Gasteiger partial charge is 0.244 e. The molecule has 3 aromatic rings. The molecule has 8 heteroatoms. The number of amides is 1. The molecule has 0 spiro atoms. The normalized spacial score (nSPS) is 15.4. The largest absolute Gasteiger partial charge is 0.359 e. The Bertz CT molecular complexity index is 965. The van der Waals surface area contributed by atoms with E-state index in [0.717, 1.165) is 54.5 Å². The molecule has 3 aromatic heterocycles. The molecule has 1 amide bonds. The first-order valence-corrected chi connectivity index (χ1v) is 9.95. The Morgan fingerprint density at radius 3 is 2.83 bits per heavy atom. The minimum atomic E-state index is 0.122. The highest BCUT2D eigenvalue weighted by molar-refractivity contribution is 5.76. The zero-order chi connectivity index (χ0) is 20.2. The minimum Gasteiger partial charge on any atom is -0.359 e. The van der Waals surface area contributed by atoms with Crippen LogP contribution in [0.1, 0.15) is 23.6 Å². The molecule has 0 aromatic carbocycles. The Morgan fingerprint density at radius 1 is 1.17 bits per heavy atom. The van der Waals surface area contributed by atoms with Gasteiger partial charge in [-0.2, -0.15) is 5.10 Å². The lowest BCUT2D eigenvalue weighted by Crippen LogP contribution is -2.37. The molecule has 0 atom stereocenters. The second kappa shape index (κ2) is 8.57. The van der Waals surface area contributed by atoms with Crippen LogP contribution in [0, 0.1) is 13.8 Å². The fourth-order valence-electron chi connectivity index (χ4n) is 3.70. The molecule has 29 heavy (non-hydrogen) atoms. The summed E-state index contributed by atoms with van der Waals surface area (Å²) in [5, 5.41) is 8.56. The highest BCUT2D eigenvalue weighted by Crippen LogP contribution is 2.19. The van der Waals surface area contributed by atoms with Crippen LogP contribution in [0.4, 0.5) is 0 Å². The van der Waals surface area contributed by atoms with E-state index in [9.17, 15) is 4.79 Å². The van der Waals surface area contributed by atoms with Crippen LogP contribution in [-0.2, 0) is 17.9 Å². The second-order valence-electron chi connectivity index (χ2n) is 7.52. The van der Waals surface area contributed by atoms with E-state index in [1.54, 1.807) is 17.1 Å². The van der Waals surface area contributed by atoms with Gasteiger partial charge in [0.25, 0.3) is 0 Å². The number of nitrogens with zero attached hydrogens (tertiary/aromatic N) is 6. The van der Waals surface area contributed by atoms with Crippen LogP contribution >= 0.6 is 0 Å². The van der Waals surface area contributed by atoms with Crippen molar-refractivity contribution in [2.45, 2.75) is 33.4 Å². The molecular weight excluding hydrogens is 368 g/mol. The molecule has 0 bridgehead atoms. The van der Waals surface area contributed by atoms with Gasteiger partial charge in [0.05, 0.1) is 12.2 Å². The van der Waals surface area contributed by atoms with Crippen LogP contribution < -0.4 is 0 Å². The predicted octanol–water partition coefficient (Wildman–Crippen LogP) is 2.28. The van der Waals surface area contributed by atoms with Crippen molar-refractivity contribution in [3.8, 4) is 11.3 Å². The predicted molar refractivity (Wildman–Crippen MR) is 108 cm³/mol. The number of hydrogen-bond donors (Lipinski definition) is 0. The molecule has 1 aliphatic heterocycles. The number of carbonyl (C=O) groups is 1. The van der Waals surface area contributed by atoms with Gasteiger partial charge in [0.1, 0.15) is 12.2 Å². The van der Waals surface area contributed by atoms with E-state index in [0.29, 0.717) is 19.6 Å². The van der Waals surface area contributed by atoms with Crippen molar-refractivity contribution >= 4 is 5.91 Å². The number of carbonyl (C=O) groups excluding carboxylic acids is 1. The minimum absolute atomic E-state index is 0.122. The summed E-state index contributed by atoms with van der Waals surface area (Å²) in [6.07, 6.45) is 4.45. The standard InChI is InChI=1S/C21H26N6O2/c1-16-11-17(2)27(23-16)15-21(28)26-8-4-7-25(9-10-26)14-19-12-20(24-29-19)18-5-3-6-22-13-18/h3,5-6,11-13H,4,7-10,14-15H2,1-2H3. The van der Waals surface area contributed by atoms with Crippen LogP contribution in [0.5, 0.6) is 0 Å². The number of hydrogen-bond acceptors (Lipinski definition) is 6. The van der Waals surface area contributed by atoms with Gasteiger partial charge in [-0.05, 0) is 38.5 Å². The molecule has 1 fully saturated rings. The van der Waals surface area contributed by atoms with Gasteiger partial charge >= 0.3 is 0 Å². The topological polar surface area (TPSA) is 80.3 Å². The van der Waals surface area contributed by atoms with Crippen molar-refractivity contribution in [1.82, 2.24) is 29.7 Å². The first-order valence-electron chi connectivity index (χ1n) is 9.95. The van der Waals surface area contributed by atoms with Crippen molar-refractivity contribution in [2.24, 2.45) is 0 Å². The zero-order valence-corrected chi connectivity index (χ0v) is 16.9. The van der Waals surface area contributed by atoms with Crippen LogP contribution in [-0.4, -0.2) is 61.8 Å². The molecule has 4 heterocycles. The summed E-state index contributed by atoms with van der Waals surface area (Å²) >= 11 is 0. The summed E-state index contributed by atoms with van der Waals surface area (Å²) < 4.78 is 7.31. The average molecular weight is 394 g/mol. The van der Waals surface area contributed by atoms with Crippen LogP contribution in [0.3, 0.4) is 0 Å². The lowest BCUT2D eigenvalue weighted by Gasteiger charge is -2.21. The fraction of sp³-hybridized carbons (Fsp3) is 0.429. The van der Waals surface area contributed by atoms with E-state index in [2.05, 4.69) is 20.1 Å². The van der Waals surface area contributed by atoms with E-state index in [1.165, 1.54) is 0 Å². The highest BCUT2D eigenvalue weighted by Gasteiger charge is 2.21. The van der Waals surface area contributed by atoms with E-state index >= 15 is 0 Å². The lowest BCUT2D eigenvalue weighted by atomic mass is 10.2. The first-order chi connectivity index (χ1) is 14.1. The number of aryl methyl sites for hydroxylation is 2. The number of pyridine rings is 1. The molecule has 0 N–H and O–H groups in total. The summed E-state index contributed by atoms with van der Waals surface area (Å²) in [6.45, 7) is 8.13. The third kappa shape index (κ3) is 4.71. The summed E-state index contributed by atoms with van der Waals surface area (Å²) in [5.41, 5.74) is 3.70. The summed E-state index contributed by atoms with van der Waals surface area (Å²) in [5.74, 6) is 0.947. The Hall–Kier alpha value is -3.00. The molecule has 1 saturated heterocycles.